The normalized spacial score (nSPS) is 23.9. The van der Waals surface area contributed by atoms with Gasteiger partial charge in [-0.05, 0) is 6.42 Å². The second-order valence-electron chi connectivity index (χ2n) is 3.95. The van der Waals surface area contributed by atoms with E-state index >= 15 is 0 Å². The molecule has 0 unspecified atom stereocenters. The first-order valence-electron chi connectivity index (χ1n) is 4.78. The van der Waals surface area contributed by atoms with Crippen LogP contribution >= 0.6 is 0 Å². The van der Waals surface area contributed by atoms with Gasteiger partial charge in [0.05, 0.1) is 0 Å². The van der Waals surface area contributed by atoms with Gasteiger partial charge in [0.25, 0.3) is 5.56 Å². The van der Waals surface area contributed by atoms with Crippen LogP contribution in [-0.2, 0) is 18.9 Å². The maximum atomic E-state index is 11.6. The van der Waals surface area contributed by atoms with Crippen LogP contribution < -0.4 is 11.2 Å². The highest BCUT2D eigenvalue weighted by molar-refractivity contribution is 5.60. The van der Waals surface area contributed by atoms with E-state index in [4.69, 9.17) is 0 Å². The lowest BCUT2D eigenvalue weighted by Gasteiger charge is -2.07. The molecule has 1 aromatic heterocycles. The zero-order chi connectivity index (χ0) is 11.2. The van der Waals surface area contributed by atoms with E-state index in [0.29, 0.717) is 5.69 Å². The predicted octanol–water partition coefficient (Wildman–Crippen LogP) is -0.614. The van der Waals surface area contributed by atoms with E-state index in [0.717, 1.165) is 17.3 Å². The first-order chi connectivity index (χ1) is 7.06. The van der Waals surface area contributed by atoms with Gasteiger partial charge in [0, 0.05) is 37.7 Å². The van der Waals surface area contributed by atoms with Crippen molar-refractivity contribution < 1.29 is 4.79 Å². The van der Waals surface area contributed by atoms with Crippen molar-refractivity contribution in [3.63, 3.8) is 0 Å². The third-order valence-electron chi connectivity index (χ3n) is 2.96. The SMILES string of the molecule is Cn1c([C@@H]2C[C@H]2C=O)cc(=O)n(C)c1=O. The number of aromatic nitrogens is 2. The first-order valence-corrected chi connectivity index (χ1v) is 4.78. The van der Waals surface area contributed by atoms with Crippen molar-refractivity contribution >= 4 is 6.29 Å². The quantitative estimate of drug-likeness (QED) is 0.609. The Kier molecular flexibility index (Phi) is 2.10. The van der Waals surface area contributed by atoms with Crippen LogP contribution in [0.25, 0.3) is 0 Å². The zero-order valence-electron chi connectivity index (χ0n) is 8.64. The monoisotopic (exact) mass is 208 g/mol. The molecule has 0 N–H and O–H groups in total. The van der Waals surface area contributed by atoms with Crippen LogP contribution in [0.4, 0.5) is 0 Å². The molecule has 1 aliphatic rings. The molecule has 0 spiro atoms. The molecular formula is C10H12N2O3. The number of hydrogen-bond donors (Lipinski definition) is 0. The Morgan fingerprint density at radius 2 is 2.00 bits per heavy atom. The smallest absolute Gasteiger partial charge is 0.303 e. The second kappa shape index (κ2) is 3.18. The standard InChI is InChI=1S/C10H12N2O3/c1-11-8(7-3-6(7)5-13)4-9(14)12(2)10(11)15/h4-7H,3H2,1-2H3/t6-,7+/m0/s1. The Bertz CT molecular complexity index is 526. The van der Waals surface area contributed by atoms with E-state index in [9.17, 15) is 14.4 Å². The summed E-state index contributed by atoms with van der Waals surface area (Å²) < 4.78 is 2.50. The van der Waals surface area contributed by atoms with Crippen LogP contribution in [0.3, 0.4) is 0 Å². The van der Waals surface area contributed by atoms with Crippen LogP contribution in [0.5, 0.6) is 0 Å². The third kappa shape index (κ3) is 1.44. The van der Waals surface area contributed by atoms with E-state index in [1.165, 1.54) is 17.7 Å². The summed E-state index contributed by atoms with van der Waals surface area (Å²) in [6.07, 6.45) is 1.62. The summed E-state index contributed by atoms with van der Waals surface area (Å²) in [7, 11) is 3.07. The fraction of sp³-hybridized carbons (Fsp3) is 0.500. The van der Waals surface area contributed by atoms with E-state index < -0.39 is 0 Å². The summed E-state index contributed by atoms with van der Waals surface area (Å²) in [6.45, 7) is 0. The summed E-state index contributed by atoms with van der Waals surface area (Å²) in [5.74, 6) is 0.0248. The van der Waals surface area contributed by atoms with Gasteiger partial charge in [-0.2, -0.15) is 0 Å². The summed E-state index contributed by atoms with van der Waals surface area (Å²) in [5, 5.41) is 0. The molecule has 5 heteroatoms. The third-order valence-corrected chi connectivity index (χ3v) is 2.96. The van der Waals surface area contributed by atoms with Gasteiger partial charge in [0.15, 0.2) is 0 Å². The largest absolute Gasteiger partial charge is 0.330 e. The minimum absolute atomic E-state index is 0.0253. The Morgan fingerprint density at radius 3 is 2.53 bits per heavy atom. The van der Waals surface area contributed by atoms with Gasteiger partial charge in [-0.15, -0.1) is 0 Å². The minimum atomic E-state index is -0.339. The molecule has 1 aromatic rings. The maximum absolute atomic E-state index is 11.6. The van der Waals surface area contributed by atoms with E-state index in [1.54, 1.807) is 7.05 Å². The van der Waals surface area contributed by atoms with Crippen molar-refractivity contribution in [3.05, 3.63) is 32.6 Å². The van der Waals surface area contributed by atoms with Crippen molar-refractivity contribution in [2.75, 3.05) is 0 Å². The van der Waals surface area contributed by atoms with Crippen LogP contribution in [0.15, 0.2) is 15.7 Å². The van der Waals surface area contributed by atoms with Gasteiger partial charge in [-0.25, -0.2) is 4.79 Å². The number of rotatable bonds is 2. The van der Waals surface area contributed by atoms with Crippen molar-refractivity contribution in [2.24, 2.45) is 20.0 Å². The number of carbonyl (C=O) groups excluding carboxylic acids is 1. The Morgan fingerprint density at radius 1 is 1.33 bits per heavy atom. The number of hydrogen-bond acceptors (Lipinski definition) is 3. The number of carbonyl (C=O) groups is 1. The second-order valence-corrected chi connectivity index (χ2v) is 3.95. The summed E-state index contributed by atoms with van der Waals surface area (Å²) in [5.41, 5.74) is 0.0129. The van der Waals surface area contributed by atoms with Gasteiger partial charge in [0.1, 0.15) is 6.29 Å². The average Bonchev–Trinajstić information content (AvgIpc) is 2.99. The molecule has 1 heterocycles. The molecule has 5 nitrogen and oxygen atoms in total. The van der Waals surface area contributed by atoms with Crippen LogP contribution in [-0.4, -0.2) is 15.4 Å². The predicted molar refractivity (Wildman–Crippen MR) is 53.8 cm³/mol. The topological polar surface area (TPSA) is 61.1 Å². The van der Waals surface area contributed by atoms with Gasteiger partial charge in [-0.1, -0.05) is 0 Å². The molecule has 1 fully saturated rings. The Balaban J connectivity index is 2.55. The maximum Gasteiger partial charge on any atom is 0.330 e. The first kappa shape index (κ1) is 9.89. The molecular weight excluding hydrogens is 196 g/mol. The number of nitrogens with zero attached hydrogens (tertiary/aromatic N) is 2. The molecule has 2 atom stereocenters. The Labute approximate surface area is 86.0 Å². The molecule has 1 aliphatic carbocycles. The van der Waals surface area contributed by atoms with Crippen molar-refractivity contribution in [3.8, 4) is 0 Å². The zero-order valence-corrected chi connectivity index (χ0v) is 8.64. The van der Waals surface area contributed by atoms with Gasteiger partial charge in [-0.3, -0.25) is 9.36 Å². The molecule has 15 heavy (non-hydrogen) atoms. The average molecular weight is 208 g/mol. The summed E-state index contributed by atoms with van der Waals surface area (Å²) >= 11 is 0. The van der Waals surface area contributed by atoms with Crippen molar-refractivity contribution in [1.29, 1.82) is 0 Å². The fourth-order valence-electron chi connectivity index (χ4n) is 1.81. The van der Waals surface area contributed by atoms with Crippen LogP contribution in [0.1, 0.15) is 18.0 Å². The van der Waals surface area contributed by atoms with Gasteiger partial charge in [0.2, 0.25) is 0 Å². The lowest BCUT2D eigenvalue weighted by atomic mass is 10.2. The summed E-state index contributed by atoms with van der Waals surface area (Å²) in [6, 6.07) is 1.44. The molecule has 80 valence electrons. The van der Waals surface area contributed by atoms with Crippen molar-refractivity contribution in [2.45, 2.75) is 12.3 Å². The molecule has 1 saturated carbocycles. The fourth-order valence-corrected chi connectivity index (χ4v) is 1.81. The molecule has 0 saturated heterocycles. The molecule has 0 aromatic carbocycles. The highest BCUT2D eigenvalue weighted by Gasteiger charge is 2.40. The highest BCUT2D eigenvalue weighted by atomic mass is 16.2. The van der Waals surface area contributed by atoms with E-state index in [1.807, 2.05) is 0 Å². The molecule has 0 radical (unpaired) electrons. The van der Waals surface area contributed by atoms with Gasteiger partial charge < -0.3 is 9.36 Å². The van der Waals surface area contributed by atoms with Crippen LogP contribution in [0.2, 0.25) is 0 Å². The molecule has 0 aliphatic heterocycles. The van der Waals surface area contributed by atoms with E-state index in [-0.39, 0.29) is 23.1 Å². The van der Waals surface area contributed by atoms with E-state index in [2.05, 4.69) is 0 Å². The minimum Gasteiger partial charge on any atom is -0.303 e. The highest BCUT2D eigenvalue weighted by Crippen LogP contribution is 2.44. The van der Waals surface area contributed by atoms with Gasteiger partial charge >= 0.3 is 5.69 Å². The lowest BCUT2D eigenvalue weighted by Crippen LogP contribution is -2.37. The summed E-state index contributed by atoms with van der Waals surface area (Å²) in [4.78, 5) is 33.5. The number of aldehydes is 1. The van der Waals surface area contributed by atoms with Crippen molar-refractivity contribution in [1.82, 2.24) is 9.13 Å². The lowest BCUT2D eigenvalue weighted by molar-refractivity contribution is -0.108. The molecule has 2 rings (SSSR count). The molecule has 0 amide bonds. The Hall–Kier alpha value is -1.65. The van der Waals surface area contributed by atoms with Crippen LogP contribution in [0, 0.1) is 5.92 Å². The molecule has 0 bridgehead atoms.